The minimum Gasteiger partial charge on any atom is -0.452 e. The number of benzene rings is 2. The van der Waals surface area contributed by atoms with Gasteiger partial charge < -0.3 is 4.74 Å². The highest BCUT2D eigenvalue weighted by atomic mass is 19.4. The van der Waals surface area contributed by atoms with Crippen LogP contribution in [0.4, 0.5) is 13.2 Å². The lowest BCUT2D eigenvalue weighted by atomic mass is 10.00. The summed E-state index contributed by atoms with van der Waals surface area (Å²) in [5, 5.41) is 0. The second-order valence-electron chi connectivity index (χ2n) is 4.10. The van der Waals surface area contributed by atoms with Gasteiger partial charge in [-0.2, -0.15) is 13.2 Å². The zero-order valence-electron chi connectivity index (χ0n) is 10.4. The molecule has 0 aliphatic carbocycles. The average Bonchev–Trinajstić information content (AvgIpc) is 2.45. The molecule has 2 aromatic carbocycles. The minimum absolute atomic E-state index is 0.114. The summed E-state index contributed by atoms with van der Waals surface area (Å²) in [5.74, 6) is -0.984. The van der Waals surface area contributed by atoms with Crippen molar-refractivity contribution in [3.63, 3.8) is 0 Å². The number of rotatable bonds is 3. The summed E-state index contributed by atoms with van der Waals surface area (Å²) >= 11 is 0. The van der Waals surface area contributed by atoms with E-state index in [1.54, 1.807) is 42.5 Å². The van der Waals surface area contributed by atoms with Crippen molar-refractivity contribution in [2.24, 2.45) is 0 Å². The minimum atomic E-state index is -4.53. The van der Waals surface area contributed by atoms with Gasteiger partial charge in [0.05, 0.1) is 5.56 Å². The average molecular weight is 280 g/mol. The van der Waals surface area contributed by atoms with Gasteiger partial charge in [-0.25, -0.2) is 4.79 Å². The van der Waals surface area contributed by atoms with Crippen molar-refractivity contribution in [3.8, 4) is 11.1 Å². The maximum Gasteiger partial charge on any atom is 0.422 e. The summed E-state index contributed by atoms with van der Waals surface area (Å²) in [4.78, 5) is 11.8. The number of esters is 1. The van der Waals surface area contributed by atoms with Crippen LogP contribution in [0, 0.1) is 0 Å². The van der Waals surface area contributed by atoms with Crippen molar-refractivity contribution < 1.29 is 22.7 Å². The van der Waals surface area contributed by atoms with Gasteiger partial charge in [0, 0.05) is 0 Å². The van der Waals surface area contributed by atoms with E-state index in [1.807, 2.05) is 6.07 Å². The molecule has 20 heavy (non-hydrogen) atoms. The third kappa shape index (κ3) is 3.60. The second kappa shape index (κ2) is 5.77. The van der Waals surface area contributed by atoms with E-state index in [0.717, 1.165) is 5.56 Å². The lowest BCUT2D eigenvalue weighted by molar-refractivity contribution is -0.161. The molecule has 2 aromatic rings. The molecular weight excluding hydrogens is 269 g/mol. The van der Waals surface area contributed by atoms with Crippen molar-refractivity contribution in [1.82, 2.24) is 0 Å². The van der Waals surface area contributed by atoms with Gasteiger partial charge in [-0.05, 0) is 17.2 Å². The number of ether oxygens (including phenoxy) is 1. The van der Waals surface area contributed by atoms with Crippen LogP contribution in [0.1, 0.15) is 10.4 Å². The van der Waals surface area contributed by atoms with Crippen molar-refractivity contribution in [2.75, 3.05) is 6.61 Å². The predicted molar refractivity (Wildman–Crippen MR) is 68.2 cm³/mol. The van der Waals surface area contributed by atoms with E-state index in [4.69, 9.17) is 0 Å². The monoisotopic (exact) mass is 280 g/mol. The van der Waals surface area contributed by atoms with Crippen LogP contribution in [0.3, 0.4) is 0 Å². The third-order valence-corrected chi connectivity index (χ3v) is 2.60. The Kier molecular flexibility index (Phi) is 4.08. The van der Waals surface area contributed by atoms with Gasteiger partial charge in [-0.1, -0.05) is 48.5 Å². The first kappa shape index (κ1) is 14.1. The summed E-state index contributed by atoms with van der Waals surface area (Å²) < 4.78 is 40.5. The van der Waals surface area contributed by atoms with Crippen molar-refractivity contribution in [2.45, 2.75) is 6.18 Å². The Morgan fingerprint density at radius 3 is 2.20 bits per heavy atom. The molecule has 0 fully saturated rings. The zero-order valence-corrected chi connectivity index (χ0v) is 10.4. The number of alkyl halides is 3. The molecule has 0 saturated heterocycles. The van der Waals surface area contributed by atoms with E-state index in [-0.39, 0.29) is 5.56 Å². The predicted octanol–water partition coefficient (Wildman–Crippen LogP) is 4.07. The highest BCUT2D eigenvalue weighted by Gasteiger charge is 2.30. The van der Waals surface area contributed by atoms with Crippen LogP contribution in [0.15, 0.2) is 54.6 Å². The normalized spacial score (nSPS) is 11.2. The Bertz CT molecular complexity index is 592. The van der Waals surface area contributed by atoms with Crippen LogP contribution in [-0.2, 0) is 4.74 Å². The van der Waals surface area contributed by atoms with E-state index in [2.05, 4.69) is 4.74 Å². The fourth-order valence-corrected chi connectivity index (χ4v) is 1.76. The Hall–Kier alpha value is -2.30. The Morgan fingerprint density at radius 1 is 0.950 bits per heavy atom. The molecule has 0 N–H and O–H groups in total. The topological polar surface area (TPSA) is 26.3 Å². The molecule has 2 nitrogen and oxygen atoms in total. The van der Waals surface area contributed by atoms with E-state index in [9.17, 15) is 18.0 Å². The summed E-state index contributed by atoms with van der Waals surface area (Å²) in [7, 11) is 0. The van der Waals surface area contributed by atoms with Crippen molar-refractivity contribution in [1.29, 1.82) is 0 Å². The van der Waals surface area contributed by atoms with Gasteiger partial charge in [0.15, 0.2) is 6.61 Å². The number of carbonyl (C=O) groups is 1. The number of carbonyl (C=O) groups excluding carboxylic acids is 1. The first-order valence-corrected chi connectivity index (χ1v) is 5.86. The highest BCUT2D eigenvalue weighted by Crippen LogP contribution is 2.24. The SMILES string of the molecule is O=C(OCC(F)(F)F)c1ccccc1-c1ccccc1. The lowest BCUT2D eigenvalue weighted by Crippen LogP contribution is -2.20. The van der Waals surface area contributed by atoms with Gasteiger partial charge in [-0.15, -0.1) is 0 Å². The molecular formula is C15H11F3O2. The van der Waals surface area contributed by atoms with Crippen LogP contribution in [0.2, 0.25) is 0 Å². The van der Waals surface area contributed by atoms with Crippen LogP contribution >= 0.6 is 0 Å². The molecule has 2 rings (SSSR count). The van der Waals surface area contributed by atoms with Gasteiger partial charge >= 0.3 is 12.1 Å². The zero-order chi connectivity index (χ0) is 14.6. The maximum atomic E-state index is 12.1. The van der Waals surface area contributed by atoms with Crippen LogP contribution in [-0.4, -0.2) is 18.8 Å². The van der Waals surface area contributed by atoms with Gasteiger partial charge in [0.1, 0.15) is 0 Å². The molecule has 5 heteroatoms. The molecule has 0 aromatic heterocycles. The fraction of sp³-hybridized carbons (Fsp3) is 0.133. The molecule has 0 spiro atoms. The maximum absolute atomic E-state index is 12.1. The summed E-state index contributed by atoms with van der Waals surface area (Å²) in [6.45, 7) is -1.59. The largest absolute Gasteiger partial charge is 0.452 e. The fourth-order valence-electron chi connectivity index (χ4n) is 1.76. The number of hydrogen-bond acceptors (Lipinski definition) is 2. The quantitative estimate of drug-likeness (QED) is 0.792. The van der Waals surface area contributed by atoms with Gasteiger partial charge in [0.25, 0.3) is 0 Å². The van der Waals surface area contributed by atoms with Crippen molar-refractivity contribution >= 4 is 5.97 Å². The van der Waals surface area contributed by atoms with E-state index in [0.29, 0.717) is 5.56 Å². The smallest absolute Gasteiger partial charge is 0.422 e. The van der Waals surface area contributed by atoms with Gasteiger partial charge in [0.2, 0.25) is 0 Å². The van der Waals surface area contributed by atoms with Crippen LogP contribution in [0.5, 0.6) is 0 Å². The van der Waals surface area contributed by atoms with Gasteiger partial charge in [-0.3, -0.25) is 0 Å². The molecule has 0 saturated carbocycles. The first-order chi connectivity index (χ1) is 9.47. The molecule has 0 amide bonds. The van der Waals surface area contributed by atoms with E-state index >= 15 is 0 Å². The van der Waals surface area contributed by atoms with E-state index in [1.165, 1.54) is 6.07 Å². The number of halogens is 3. The molecule has 0 aliphatic rings. The summed E-state index contributed by atoms with van der Waals surface area (Å²) in [5.41, 5.74) is 1.40. The molecule has 0 aliphatic heterocycles. The molecule has 0 atom stereocenters. The Labute approximate surface area is 113 Å². The number of hydrogen-bond donors (Lipinski definition) is 0. The Morgan fingerprint density at radius 2 is 1.55 bits per heavy atom. The third-order valence-electron chi connectivity index (χ3n) is 2.60. The lowest BCUT2D eigenvalue weighted by Gasteiger charge is -2.11. The van der Waals surface area contributed by atoms with E-state index < -0.39 is 18.8 Å². The molecule has 104 valence electrons. The summed E-state index contributed by atoms with van der Waals surface area (Å²) in [6.07, 6.45) is -4.53. The Balaban J connectivity index is 2.27. The van der Waals surface area contributed by atoms with Crippen LogP contribution < -0.4 is 0 Å². The first-order valence-electron chi connectivity index (χ1n) is 5.86. The van der Waals surface area contributed by atoms with Crippen LogP contribution in [0.25, 0.3) is 11.1 Å². The molecule has 0 bridgehead atoms. The molecule has 0 unspecified atom stereocenters. The molecule has 0 heterocycles. The molecule has 0 radical (unpaired) electrons. The second-order valence-corrected chi connectivity index (χ2v) is 4.10. The summed E-state index contributed by atoms with van der Waals surface area (Å²) in [6, 6.07) is 15.3. The highest BCUT2D eigenvalue weighted by molar-refractivity contribution is 5.97. The van der Waals surface area contributed by atoms with Crippen molar-refractivity contribution in [3.05, 3.63) is 60.2 Å². The standard InChI is InChI=1S/C15H11F3O2/c16-15(17,18)10-20-14(19)13-9-5-4-8-12(13)11-6-2-1-3-7-11/h1-9H,10H2.